The molecule has 2 aromatic rings. The Kier molecular flexibility index (Phi) is 6.84. The van der Waals surface area contributed by atoms with Crippen LogP contribution in [0.4, 0.5) is 20.2 Å². The summed E-state index contributed by atoms with van der Waals surface area (Å²) in [6.45, 7) is -2.73. The number of amides is 1. The summed E-state index contributed by atoms with van der Waals surface area (Å²) in [5.74, 6) is -0.330. The van der Waals surface area contributed by atoms with Crippen LogP contribution in [0.5, 0.6) is 5.75 Å². The Balaban J connectivity index is 1.83. The first-order chi connectivity index (χ1) is 12.5. The molecule has 0 saturated heterocycles. The second-order valence-corrected chi connectivity index (χ2v) is 5.21. The second kappa shape index (κ2) is 9.30. The van der Waals surface area contributed by atoms with Gasteiger partial charge in [0.05, 0.1) is 4.92 Å². The van der Waals surface area contributed by atoms with Gasteiger partial charge < -0.3 is 15.4 Å². The fourth-order valence-corrected chi connectivity index (χ4v) is 2.24. The molecule has 0 spiro atoms. The predicted octanol–water partition coefficient (Wildman–Crippen LogP) is 3.31. The highest BCUT2D eigenvalue weighted by Gasteiger charge is 2.13. The van der Waals surface area contributed by atoms with Crippen LogP contribution >= 0.6 is 0 Å². The molecule has 0 aliphatic carbocycles. The Hall–Kier alpha value is -3.23. The molecule has 0 bridgehead atoms. The number of benzene rings is 2. The van der Waals surface area contributed by atoms with Gasteiger partial charge in [-0.05, 0) is 12.1 Å². The van der Waals surface area contributed by atoms with Crippen molar-refractivity contribution in [3.05, 3.63) is 64.2 Å². The summed E-state index contributed by atoms with van der Waals surface area (Å²) in [6, 6.07) is 12.3. The molecule has 2 N–H and O–H groups in total. The Morgan fingerprint density at radius 1 is 1.15 bits per heavy atom. The molecule has 138 valence electrons. The van der Waals surface area contributed by atoms with Gasteiger partial charge in [0.1, 0.15) is 11.4 Å². The van der Waals surface area contributed by atoms with E-state index in [1.54, 1.807) is 36.4 Å². The predicted molar refractivity (Wildman–Crippen MR) is 91.1 cm³/mol. The first-order valence-corrected chi connectivity index (χ1v) is 7.74. The van der Waals surface area contributed by atoms with Crippen molar-refractivity contribution < 1.29 is 23.2 Å². The van der Waals surface area contributed by atoms with E-state index in [1.165, 1.54) is 12.1 Å². The maximum atomic E-state index is 12.4. The number of ether oxygens (including phenoxy) is 1. The van der Waals surface area contributed by atoms with E-state index < -0.39 is 11.5 Å². The van der Waals surface area contributed by atoms with Gasteiger partial charge in [0.15, 0.2) is 0 Å². The third-order valence-electron chi connectivity index (χ3n) is 3.43. The SMILES string of the molecule is O=C(CCNc1ccccc1[N+](=O)[O-])NCc1ccccc1OC(F)F. The number of nitrogens with zero attached hydrogens (tertiary/aromatic N) is 1. The maximum Gasteiger partial charge on any atom is 0.387 e. The molecule has 26 heavy (non-hydrogen) atoms. The lowest BCUT2D eigenvalue weighted by Gasteiger charge is -2.11. The van der Waals surface area contributed by atoms with Crippen molar-refractivity contribution in [1.29, 1.82) is 0 Å². The molecule has 0 aromatic heterocycles. The van der Waals surface area contributed by atoms with E-state index in [9.17, 15) is 23.7 Å². The molecule has 0 atom stereocenters. The summed E-state index contributed by atoms with van der Waals surface area (Å²) in [7, 11) is 0. The minimum Gasteiger partial charge on any atom is -0.434 e. The summed E-state index contributed by atoms with van der Waals surface area (Å²) in [5, 5.41) is 16.3. The minimum absolute atomic E-state index is 0.000773. The molecular formula is C17H17F2N3O4. The highest BCUT2D eigenvalue weighted by Crippen LogP contribution is 2.23. The van der Waals surface area contributed by atoms with Crippen molar-refractivity contribution in [1.82, 2.24) is 5.32 Å². The molecule has 2 rings (SSSR count). The van der Waals surface area contributed by atoms with Gasteiger partial charge in [0, 0.05) is 31.1 Å². The number of para-hydroxylation sites is 3. The van der Waals surface area contributed by atoms with Crippen LogP contribution in [-0.2, 0) is 11.3 Å². The minimum atomic E-state index is -2.95. The van der Waals surface area contributed by atoms with Gasteiger partial charge in [0.2, 0.25) is 5.91 Å². The zero-order valence-electron chi connectivity index (χ0n) is 13.7. The monoisotopic (exact) mass is 365 g/mol. The number of halogens is 2. The molecule has 0 aliphatic heterocycles. The van der Waals surface area contributed by atoms with Crippen molar-refractivity contribution >= 4 is 17.3 Å². The van der Waals surface area contributed by atoms with Crippen molar-refractivity contribution in [3.63, 3.8) is 0 Å². The zero-order chi connectivity index (χ0) is 18.9. The van der Waals surface area contributed by atoms with Crippen molar-refractivity contribution in [2.24, 2.45) is 0 Å². The number of alkyl halides is 2. The lowest BCUT2D eigenvalue weighted by Crippen LogP contribution is -2.25. The van der Waals surface area contributed by atoms with E-state index in [0.717, 1.165) is 0 Å². The topological polar surface area (TPSA) is 93.5 Å². The third-order valence-corrected chi connectivity index (χ3v) is 3.43. The Morgan fingerprint density at radius 3 is 2.58 bits per heavy atom. The summed E-state index contributed by atoms with van der Waals surface area (Å²) in [5.41, 5.74) is 0.666. The Bertz CT molecular complexity index is 771. The molecule has 0 unspecified atom stereocenters. The smallest absolute Gasteiger partial charge is 0.387 e. The molecule has 9 heteroatoms. The summed E-state index contributed by atoms with van der Waals surface area (Å²) in [6.07, 6.45) is 0.0594. The van der Waals surface area contributed by atoms with Crippen LogP contribution in [0.2, 0.25) is 0 Å². The first-order valence-electron chi connectivity index (χ1n) is 7.74. The molecule has 0 fully saturated rings. The van der Waals surface area contributed by atoms with Gasteiger partial charge in [-0.1, -0.05) is 30.3 Å². The largest absolute Gasteiger partial charge is 0.434 e. The van der Waals surface area contributed by atoms with Crippen LogP contribution in [0.1, 0.15) is 12.0 Å². The summed E-state index contributed by atoms with van der Waals surface area (Å²) < 4.78 is 29.1. The van der Waals surface area contributed by atoms with E-state index in [-0.39, 0.29) is 36.9 Å². The molecule has 2 aromatic carbocycles. The number of nitrogens with one attached hydrogen (secondary N) is 2. The third kappa shape index (κ3) is 5.69. The summed E-state index contributed by atoms with van der Waals surface area (Å²) in [4.78, 5) is 22.3. The van der Waals surface area contributed by atoms with Crippen LogP contribution in [0.25, 0.3) is 0 Å². The van der Waals surface area contributed by atoms with E-state index >= 15 is 0 Å². The quantitative estimate of drug-likeness (QED) is 0.525. The lowest BCUT2D eigenvalue weighted by molar-refractivity contribution is -0.384. The van der Waals surface area contributed by atoms with Gasteiger partial charge in [-0.25, -0.2) is 0 Å². The zero-order valence-corrected chi connectivity index (χ0v) is 13.7. The number of nitro benzene ring substituents is 1. The van der Waals surface area contributed by atoms with E-state index in [4.69, 9.17) is 0 Å². The molecule has 1 amide bonds. The molecule has 0 saturated carbocycles. The molecule has 7 nitrogen and oxygen atoms in total. The van der Waals surface area contributed by atoms with Crippen LogP contribution in [-0.4, -0.2) is 24.0 Å². The normalized spacial score (nSPS) is 10.4. The fraction of sp³-hybridized carbons (Fsp3) is 0.235. The van der Waals surface area contributed by atoms with Gasteiger partial charge in [-0.2, -0.15) is 8.78 Å². The van der Waals surface area contributed by atoms with E-state index in [1.807, 2.05) is 0 Å². The summed E-state index contributed by atoms with van der Waals surface area (Å²) >= 11 is 0. The van der Waals surface area contributed by atoms with Crippen LogP contribution in [0, 0.1) is 10.1 Å². The van der Waals surface area contributed by atoms with Crippen molar-refractivity contribution in [3.8, 4) is 5.75 Å². The average Bonchev–Trinajstić information content (AvgIpc) is 2.61. The van der Waals surface area contributed by atoms with E-state index in [0.29, 0.717) is 11.3 Å². The van der Waals surface area contributed by atoms with Gasteiger partial charge >= 0.3 is 6.61 Å². The highest BCUT2D eigenvalue weighted by atomic mass is 19.3. The van der Waals surface area contributed by atoms with Gasteiger partial charge in [-0.3, -0.25) is 14.9 Å². The number of carbonyl (C=O) groups is 1. The van der Waals surface area contributed by atoms with Crippen molar-refractivity contribution in [2.45, 2.75) is 19.6 Å². The number of rotatable bonds is 9. The molecule has 0 heterocycles. The number of hydrogen-bond donors (Lipinski definition) is 2. The molecular weight excluding hydrogens is 348 g/mol. The second-order valence-electron chi connectivity index (χ2n) is 5.21. The standard InChI is InChI=1S/C17H17F2N3O4/c18-17(19)26-15-8-4-1-5-12(15)11-21-16(23)9-10-20-13-6-2-3-7-14(13)22(24)25/h1-8,17,20H,9-11H2,(H,21,23). The first kappa shape index (κ1) is 19.1. The van der Waals surface area contributed by atoms with Crippen molar-refractivity contribution in [2.75, 3.05) is 11.9 Å². The maximum absolute atomic E-state index is 12.4. The van der Waals surface area contributed by atoms with E-state index in [2.05, 4.69) is 15.4 Å². The number of anilines is 1. The number of carbonyl (C=O) groups excluding carboxylic acids is 1. The van der Waals surface area contributed by atoms with Crippen LogP contribution in [0.15, 0.2) is 48.5 Å². The van der Waals surface area contributed by atoms with Gasteiger partial charge in [-0.15, -0.1) is 0 Å². The average molecular weight is 365 g/mol. The Morgan fingerprint density at radius 2 is 1.85 bits per heavy atom. The van der Waals surface area contributed by atoms with Crippen LogP contribution in [0.3, 0.4) is 0 Å². The highest BCUT2D eigenvalue weighted by molar-refractivity contribution is 5.76. The van der Waals surface area contributed by atoms with Crippen LogP contribution < -0.4 is 15.4 Å². The lowest BCUT2D eigenvalue weighted by atomic mass is 10.2. The molecule has 0 radical (unpaired) electrons. The number of nitro groups is 1. The Labute approximate surface area is 148 Å². The van der Waals surface area contributed by atoms with Gasteiger partial charge in [0.25, 0.3) is 5.69 Å². The number of hydrogen-bond acceptors (Lipinski definition) is 5. The molecule has 0 aliphatic rings. The fourth-order valence-electron chi connectivity index (χ4n) is 2.24.